The quantitative estimate of drug-likeness (QED) is 0.587. The molecule has 0 atom stereocenters. The number of aryl methyl sites for hydroxylation is 2. The third-order valence-electron chi connectivity index (χ3n) is 5.00. The summed E-state index contributed by atoms with van der Waals surface area (Å²) >= 11 is 8.94. The predicted molar refractivity (Wildman–Crippen MR) is 117 cm³/mol. The van der Waals surface area contributed by atoms with Crippen molar-refractivity contribution >= 4 is 55.5 Å². The zero-order chi connectivity index (χ0) is 19.7. The highest BCUT2D eigenvalue weighted by Crippen LogP contribution is 2.32. The number of rotatable bonds is 5. The van der Waals surface area contributed by atoms with E-state index < -0.39 is 0 Å². The molecule has 4 rings (SSSR count). The number of fused-ring (bicyclic) bond motifs is 1. The molecule has 0 saturated carbocycles. The number of nitrogens with zero attached hydrogens (tertiary/aromatic N) is 3. The molecule has 1 aromatic carbocycles. The lowest BCUT2D eigenvalue weighted by atomic mass is 10.1. The molecule has 0 unspecified atom stereocenters. The largest absolute Gasteiger partial charge is 0.379 e. The lowest BCUT2D eigenvalue weighted by molar-refractivity contribution is 0.0391. The van der Waals surface area contributed by atoms with Crippen molar-refractivity contribution in [2.75, 3.05) is 44.3 Å². The Kier molecular flexibility index (Phi) is 5.99. The van der Waals surface area contributed by atoms with E-state index in [2.05, 4.69) is 30.9 Å². The number of benzene rings is 1. The summed E-state index contributed by atoms with van der Waals surface area (Å²) in [5.41, 5.74) is 3.39. The maximum atomic E-state index is 13.2. The van der Waals surface area contributed by atoms with Gasteiger partial charge < -0.3 is 4.74 Å². The molecule has 3 aromatic rings. The minimum atomic E-state index is -0.0438. The first-order chi connectivity index (χ1) is 13.5. The van der Waals surface area contributed by atoms with Crippen LogP contribution in [0.5, 0.6) is 0 Å². The number of carbonyl (C=O) groups is 1. The maximum absolute atomic E-state index is 13.2. The van der Waals surface area contributed by atoms with E-state index in [-0.39, 0.29) is 5.91 Å². The van der Waals surface area contributed by atoms with E-state index in [1.54, 1.807) is 28.4 Å². The van der Waals surface area contributed by atoms with Gasteiger partial charge in [-0.2, -0.15) is 0 Å². The minimum Gasteiger partial charge on any atom is -0.379 e. The molecule has 0 N–H and O–H groups in total. The highest BCUT2D eigenvalue weighted by Gasteiger charge is 2.24. The number of aromatic nitrogens is 1. The number of morpholine rings is 1. The van der Waals surface area contributed by atoms with Gasteiger partial charge in [-0.25, -0.2) is 4.98 Å². The summed E-state index contributed by atoms with van der Waals surface area (Å²) in [6.07, 6.45) is 0. The van der Waals surface area contributed by atoms with E-state index in [0.717, 1.165) is 48.2 Å². The van der Waals surface area contributed by atoms with Crippen molar-refractivity contribution in [1.29, 1.82) is 0 Å². The fourth-order valence-electron chi connectivity index (χ4n) is 3.20. The monoisotopic (exact) mass is 435 g/mol. The van der Waals surface area contributed by atoms with Gasteiger partial charge in [0.1, 0.15) is 0 Å². The average molecular weight is 436 g/mol. The summed E-state index contributed by atoms with van der Waals surface area (Å²) in [6.45, 7) is 8.85. The van der Waals surface area contributed by atoms with Crippen LogP contribution in [0.3, 0.4) is 0 Å². The molecule has 2 aromatic heterocycles. The third-order valence-corrected chi connectivity index (χ3v) is 7.26. The lowest BCUT2D eigenvalue weighted by Gasteiger charge is -2.29. The van der Waals surface area contributed by atoms with E-state index in [0.29, 0.717) is 15.8 Å². The van der Waals surface area contributed by atoms with Crippen molar-refractivity contribution in [2.45, 2.75) is 13.8 Å². The van der Waals surface area contributed by atoms with Crippen LogP contribution in [0.15, 0.2) is 24.3 Å². The van der Waals surface area contributed by atoms with Gasteiger partial charge in [0.05, 0.1) is 32.6 Å². The van der Waals surface area contributed by atoms with Crippen LogP contribution < -0.4 is 4.90 Å². The Labute approximate surface area is 177 Å². The van der Waals surface area contributed by atoms with Crippen LogP contribution in [0.2, 0.25) is 4.34 Å². The standard InChI is InChI=1S/C20H22ClN3O2S2/c1-13-11-15-17(12-14(13)2)28-20(22-15)24(6-5-23-7-9-26-10-8-23)19(25)16-3-4-18(21)27-16/h3-4,11-12H,5-10H2,1-2H3. The second kappa shape index (κ2) is 8.47. The number of hydrogen-bond acceptors (Lipinski definition) is 6. The highest BCUT2D eigenvalue weighted by atomic mass is 35.5. The Balaban J connectivity index is 1.64. The fourth-order valence-corrected chi connectivity index (χ4v) is 5.26. The van der Waals surface area contributed by atoms with Crippen molar-refractivity contribution in [3.05, 3.63) is 44.6 Å². The molecule has 0 aliphatic carbocycles. The first-order valence-corrected chi connectivity index (χ1v) is 11.3. The molecule has 0 radical (unpaired) electrons. The Morgan fingerprint density at radius 1 is 1.21 bits per heavy atom. The van der Waals surface area contributed by atoms with Crippen LogP contribution in [0.25, 0.3) is 10.2 Å². The molecule has 8 heteroatoms. The molecule has 1 saturated heterocycles. The molecule has 1 aliphatic rings. The number of amides is 1. The normalized spacial score (nSPS) is 15.2. The first-order valence-electron chi connectivity index (χ1n) is 9.26. The molecule has 3 heterocycles. The topological polar surface area (TPSA) is 45.7 Å². The molecule has 148 valence electrons. The summed E-state index contributed by atoms with van der Waals surface area (Å²) in [5.74, 6) is -0.0438. The van der Waals surface area contributed by atoms with E-state index in [1.165, 1.54) is 22.5 Å². The van der Waals surface area contributed by atoms with Gasteiger partial charge in [0.25, 0.3) is 5.91 Å². The Hall–Kier alpha value is -1.51. The van der Waals surface area contributed by atoms with Gasteiger partial charge in [0.2, 0.25) is 0 Å². The molecule has 5 nitrogen and oxygen atoms in total. The number of thiophene rings is 1. The average Bonchev–Trinajstić information content (AvgIpc) is 3.29. The summed E-state index contributed by atoms with van der Waals surface area (Å²) in [5, 5.41) is 0.739. The number of hydrogen-bond donors (Lipinski definition) is 0. The number of anilines is 1. The summed E-state index contributed by atoms with van der Waals surface area (Å²) in [4.78, 5) is 22.8. The predicted octanol–water partition coefficient (Wildman–Crippen LogP) is 4.61. The van der Waals surface area contributed by atoms with Crippen molar-refractivity contribution < 1.29 is 9.53 Å². The number of ether oxygens (including phenoxy) is 1. The van der Waals surface area contributed by atoms with Gasteiger partial charge in [-0.3, -0.25) is 14.6 Å². The molecular formula is C20H22ClN3O2S2. The smallest absolute Gasteiger partial charge is 0.270 e. The SMILES string of the molecule is Cc1cc2nc(N(CCN3CCOCC3)C(=O)c3ccc(Cl)s3)sc2cc1C. The van der Waals surface area contributed by atoms with Gasteiger partial charge in [-0.1, -0.05) is 22.9 Å². The second-order valence-electron chi connectivity index (χ2n) is 6.92. The van der Waals surface area contributed by atoms with Crippen LogP contribution in [-0.2, 0) is 4.74 Å². The molecule has 1 aliphatic heterocycles. The molecule has 0 bridgehead atoms. The third kappa shape index (κ3) is 4.23. The Morgan fingerprint density at radius 2 is 1.96 bits per heavy atom. The number of carbonyl (C=O) groups excluding carboxylic acids is 1. The van der Waals surface area contributed by atoms with Crippen LogP contribution >= 0.6 is 34.3 Å². The van der Waals surface area contributed by atoms with Crippen LogP contribution in [0.4, 0.5) is 5.13 Å². The number of halogens is 1. The molecule has 28 heavy (non-hydrogen) atoms. The Morgan fingerprint density at radius 3 is 2.68 bits per heavy atom. The number of thiazole rings is 1. The van der Waals surface area contributed by atoms with Gasteiger partial charge in [0.15, 0.2) is 5.13 Å². The van der Waals surface area contributed by atoms with Crippen LogP contribution in [-0.4, -0.2) is 55.2 Å². The zero-order valence-corrected chi connectivity index (χ0v) is 18.3. The molecule has 1 amide bonds. The molecule has 0 spiro atoms. The van der Waals surface area contributed by atoms with Crippen LogP contribution in [0, 0.1) is 13.8 Å². The van der Waals surface area contributed by atoms with E-state index in [4.69, 9.17) is 21.3 Å². The van der Waals surface area contributed by atoms with Crippen molar-refractivity contribution in [3.8, 4) is 0 Å². The lowest BCUT2D eigenvalue weighted by Crippen LogP contribution is -2.43. The second-order valence-corrected chi connectivity index (χ2v) is 9.64. The van der Waals surface area contributed by atoms with Crippen LogP contribution in [0.1, 0.15) is 20.8 Å². The van der Waals surface area contributed by atoms with Crippen molar-refractivity contribution in [2.24, 2.45) is 0 Å². The summed E-state index contributed by atoms with van der Waals surface area (Å²) < 4.78 is 7.15. The van der Waals surface area contributed by atoms with Crippen molar-refractivity contribution in [1.82, 2.24) is 9.88 Å². The highest BCUT2D eigenvalue weighted by molar-refractivity contribution is 7.22. The molecule has 1 fully saturated rings. The first kappa shape index (κ1) is 19.8. The maximum Gasteiger partial charge on any atom is 0.270 e. The van der Waals surface area contributed by atoms with Gasteiger partial charge in [0, 0.05) is 26.2 Å². The minimum absolute atomic E-state index is 0.0438. The zero-order valence-electron chi connectivity index (χ0n) is 15.9. The van der Waals surface area contributed by atoms with Crippen molar-refractivity contribution in [3.63, 3.8) is 0 Å². The fraction of sp³-hybridized carbons (Fsp3) is 0.400. The van der Waals surface area contributed by atoms with E-state index in [1.807, 2.05) is 0 Å². The molecular weight excluding hydrogens is 414 g/mol. The van der Waals surface area contributed by atoms with Gasteiger partial charge in [-0.05, 0) is 49.2 Å². The summed E-state index contributed by atoms with van der Waals surface area (Å²) in [7, 11) is 0. The Bertz CT molecular complexity index is 956. The van der Waals surface area contributed by atoms with Gasteiger partial charge in [-0.15, -0.1) is 11.3 Å². The van der Waals surface area contributed by atoms with E-state index in [9.17, 15) is 4.79 Å². The summed E-state index contributed by atoms with van der Waals surface area (Å²) in [6, 6.07) is 7.80. The van der Waals surface area contributed by atoms with E-state index >= 15 is 0 Å². The van der Waals surface area contributed by atoms with Gasteiger partial charge >= 0.3 is 0 Å².